The van der Waals surface area contributed by atoms with Crippen molar-refractivity contribution in [2.75, 3.05) is 53.2 Å². The van der Waals surface area contributed by atoms with Crippen molar-refractivity contribution in [3.8, 4) is 5.75 Å². The molecule has 0 bridgehead atoms. The number of ether oxygens (including phenoxy) is 5. The van der Waals surface area contributed by atoms with E-state index >= 15 is 0 Å². The Morgan fingerprint density at radius 2 is 0.976 bits per heavy atom. The number of urea groups is 1. The molecule has 0 aliphatic rings. The predicted octanol–water partition coefficient (Wildman–Crippen LogP) is 13.6. The maximum absolute atomic E-state index is 14.3. The Labute approximate surface area is 509 Å². The standard InChI is InChI=1S/C71H103N5O9/c1-7-8-9-10-11-12-13-14-15-16-17-18-19-20-21-30-45-73-69(80)74-47-51-84-68(60-39-41-62(42-40-60)82-48-43-71(4,5)85-49-44-70(2,3)81-6)83-50-46-72-66(78)63(53-56-31-24-22-25-32-56)76-67(79)64(54-57-33-26-23-27-34-57)75-65(77)55-58-37-38-59-35-28-29-36-61(59)52-58/h22-29,31-42,52,63-64,68H,7-21,30,43-51,53-55H2,1-6H3,(H,72,78)(H,75,77)(H,76,79)(H2,73,74,80)/t63-,64-,68?/m0/s1. The van der Waals surface area contributed by atoms with Crippen LogP contribution in [0.25, 0.3) is 10.8 Å². The van der Waals surface area contributed by atoms with E-state index in [1.165, 1.54) is 89.9 Å². The van der Waals surface area contributed by atoms with Crippen molar-refractivity contribution in [2.45, 2.75) is 199 Å². The van der Waals surface area contributed by atoms with E-state index in [9.17, 15) is 19.2 Å². The second kappa shape index (κ2) is 40.1. The van der Waals surface area contributed by atoms with Crippen molar-refractivity contribution < 1.29 is 42.9 Å². The summed E-state index contributed by atoms with van der Waals surface area (Å²) in [7, 11) is 1.71. The largest absolute Gasteiger partial charge is 0.493 e. The molecular weight excluding hydrogens is 1070 g/mol. The van der Waals surface area contributed by atoms with Gasteiger partial charge in [-0.05, 0) is 80.1 Å². The summed E-state index contributed by atoms with van der Waals surface area (Å²) in [5, 5.41) is 16.9. The van der Waals surface area contributed by atoms with Crippen molar-refractivity contribution in [2.24, 2.45) is 0 Å². The van der Waals surface area contributed by atoms with E-state index in [2.05, 4.69) is 47.4 Å². The van der Waals surface area contributed by atoms with Crippen LogP contribution in [0, 0.1) is 0 Å². The number of methoxy groups -OCH3 is 1. The summed E-state index contributed by atoms with van der Waals surface area (Å²) in [6.45, 7) is 12.7. The first-order valence-corrected chi connectivity index (χ1v) is 31.8. The molecule has 14 heteroatoms. The summed E-state index contributed by atoms with van der Waals surface area (Å²) in [6.07, 6.45) is 21.9. The first kappa shape index (κ1) is 69.5. The fraction of sp³-hybridized carbons (Fsp3) is 0.549. The minimum absolute atomic E-state index is 0.0615. The quantitative estimate of drug-likeness (QED) is 0.0188. The fourth-order valence-corrected chi connectivity index (χ4v) is 10.0. The molecule has 0 fully saturated rings. The second-order valence-electron chi connectivity index (χ2n) is 23.8. The number of unbranched alkanes of at least 4 members (excludes halogenated alkanes) is 15. The molecule has 3 atom stereocenters. The molecule has 0 aromatic heterocycles. The van der Waals surface area contributed by atoms with Crippen LogP contribution in [0.5, 0.6) is 5.75 Å². The molecule has 0 heterocycles. The number of hydrogen-bond acceptors (Lipinski definition) is 9. The highest BCUT2D eigenvalue weighted by molar-refractivity contribution is 5.93. The van der Waals surface area contributed by atoms with Crippen LogP contribution in [-0.2, 0) is 52.6 Å². The lowest BCUT2D eigenvalue weighted by Gasteiger charge is -2.28. The van der Waals surface area contributed by atoms with Gasteiger partial charge < -0.3 is 50.3 Å². The lowest BCUT2D eigenvalue weighted by atomic mass is 10.0. The second-order valence-corrected chi connectivity index (χ2v) is 23.8. The highest BCUT2D eigenvalue weighted by atomic mass is 16.7. The van der Waals surface area contributed by atoms with Gasteiger partial charge in [0.05, 0.1) is 44.1 Å². The van der Waals surface area contributed by atoms with Gasteiger partial charge in [0.2, 0.25) is 17.7 Å². The third kappa shape index (κ3) is 29.6. The first-order valence-electron chi connectivity index (χ1n) is 31.8. The summed E-state index contributed by atoms with van der Waals surface area (Å²) < 4.78 is 30.5. The zero-order chi connectivity index (χ0) is 60.8. The van der Waals surface area contributed by atoms with Crippen LogP contribution in [0.1, 0.15) is 179 Å². The van der Waals surface area contributed by atoms with Crippen LogP contribution in [0.4, 0.5) is 4.79 Å². The van der Waals surface area contributed by atoms with Gasteiger partial charge in [0.15, 0.2) is 6.29 Å². The molecule has 0 saturated carbocycles. The molecular formula is C71H103N5O9. The van der Waals surface area contributed by atoms with Crippen LogP contribution >= 0.6 is 0 Å². The zero-order valence-corrected chi connectivity index (χ0v) is 52.3. The number of fused-ring (bicyclic) bond motifs is 1. The molecule has 14 nitrogen and oxygen atoms in total. The molecule has 0 aliphatic heterocycles. The van der Waals surface area contributed by atoms with Gasteiger partial charge in [0.25, 0.3) is 0 Å². The lowest BCUT2D eigenvalue weighted by Crippen LogP contribution is -2.55. The van der Waals surface area contributed by atoms with Crippen LogP contribution in [0.3, 0.4) is 0 Å². The van der Waals surface area contributed by atoms with Crippen molar-refractivity contribution in [1.29, 1.82) is 0 Å². The van der Waals surface area contributed by atoms with Gasteiger partial charge in [-0.3, -0.25) is 14.4 Å². The topological polar surface area (TPSA) is 175 Å². The molecule has 5 aromatic rings. The molecule has 5 N–H and O–H groups in total. The minimum atomic E-state index is -0.980. The number of amides is 5. The average Bonchev–Trinajstić information content (AvgIpc) is 3.70. The molecule has 85 heavy (non-hydrogen) atoms. The Balaban J connectivity index is 1.12. The number of nitrogens with one attached hydrogen (secondary N) is 5. The Morgan fingerprint density at radius 3 is 1.55 bits per heavy atom. The van der Waals surface area contributed by atoms with E-state index in [4.69, 9.17) is 23.7 Å². The van der Waals surface area contributed by atoms with Crippen LogP contribution in [0.15, 0.2) is 127 Å². The van der Waals surface area contributed by atoms with E-state index < -0.39 is 35.8 Å². The maximum atomic E-state index is 14.3. The Kier molecular flexibility index (Phi) is 32.8. The summed E-state index contributed by atoms with van der Waals surface area (Å²) in [5.74, 6) is -0.529. The Morgan fingerprint density at radius 1 is 0.471 bits per heavy atom. The monoisotopic (exact) mass is 1170 g/mol. The average molecular weight is 1170 g/mol. The van der Waals surface area contributed by atoms with E-state index in [-0.39, 0.29) is 63.1 Å². The molecule has 0 radical (unpaired) electrons. The van der Waals surface area contributed by atoms with E-state index in [1.54, 1.807) is 7.11 Å². The van der Waals surface area contributed by atoms with Crippen molar-refractivity contribution in [1.82, 2.24) is 26.6 Å². The van der Waals surface area contributed by atoms with Gasteiger partial charge >= 0.3 is 6.03 Å². The highest BCUT2D eigenvalue weighted by Gasteiger charge is 2.28. The summed E-state index contributed by atoms with van der Waals surface area (Å²) in [6, 6.07) is 38.1. The third-order valence-electron chi connectivity index (χ3n) is 15.5. The molecule has 0 spiro atoms. The molecule has 1 unspecified atom stereocenters. The summed E-state index contributed by atoms with van der Waals surface area (Å²) >= 11 is 0. The van der Waals surface area contributed by atoms with Gasteiger partial charge in [-0.25, -0.2) is 4.79 Å². The Bertz CT molecular complexity index is 2630. The molecule has 0 saturated heterocycles. The Hall–Kier alpha value is -6.32. The normalized spacial score (nSPS) is 12.7. The molecule has 466 valence electrons. The third-order valence-corrected chi connectivity index (χ3v) is 15.5. The molecule has 0 aliphatic carbocycles. The van der Waals surface area contributed by atoms with Gasteiger partial charge in [-0.15, -0.1) is 0 Å². The van der Waals surface area contributed by atoms with Gasteiger partial charge in [0.1, 0.15) is 17.8 Å². The number of carbonyl (C=O) groups excluding carboxylic acids is 4. The number of rotatable bonds is 45. The first-order chi connectivity index (χ1) is 41.2. The van der Waals surface area contributed by atoms with E-state index in [0.29, 0.717) is 31.9 Å². The predicted molar refractivity (Wildman–Crippen MR) is 343 cm³/mol. The van der Waals surface area contributed by atoms with Gasteiger partial charge in [-0.2, -0.15) is 0 Å². The smallest absolute Gasteiger partial charge is 0.314 e. The molecule has 5 rings (SSSR count). The zero-order valence-electron chi connectivity index (χ0n) is 52.3. The van der Waals surface area contributed by atoms with Crippen LogP contribution < -0.4 is 31.3 Å². The van der Waals surface area contributed by atoms with Crippen LogP contribution in [-0.4, -0.2) is 100 Å². The van der Waals surface area contributed by atoms with Crippen LogP contribution in [0.2, 0.25) is 0 Å². The number of carbonyl (C=O) groups is 4. The van der Waals surface area contributed by atoms with Crippen molar-refractivity contribution in [3.05, 3.63) is 150 Å². The number of hydrogen-bond donors (Lipinski definition) is 5. The maximum Gasteiger partial charge on any atom is 0.314 e. The molecule has 5 amide bonds. The van der Waals surface area contributed by atoms with Crippen molar-refractivity contribution >= 4 is 34.5 Å². The lowest BCUT2D eigenvalue weighted by molar-refractivity contribution is -0.146. The number of benzene rings is 5. The van der Waals surface area contributed by atoms with E-state index in [1.807, 2.05) is 141 Å². The molecule has 5 aromatic carbocycles. The summed E-state index contributed by atoms with van der Waals surface area (Å²) in [5.41, 5.74) is 2.60. The fourth-order valence-electron chi connectivity index (χ4n) is 10.0. The van der Waals surface area contributed by atoms with Gasteiger partial charge in [0, 0.05) is 51.6 Å². The highest BCUT2D eigenvalue weighted by Crippen LogP contribution is 2.25. The minimum Gasteiger partial charge on any atom is -0.493 e. The SMILES string of the molecule is CCCCCCCCCCCCCCCCCCNC(=O)NCCOC(OCCNC(=O)[C@H](Cc1ccccc1)NC(=O)[C@H](Cc1ccccc1)NC(=O)Cc1ccc2ccccc2c1)c1ccc(OCCC(C)(C)OCCC(C)(C)OC)cc1. The van der Waals surface area contributed by atoms with E-state index in [0.717, 1.165) is 52.3 Å². The van der Waals surface area contributed by atoms with Crippen molar-refractivity contribution in [3.63, 3.8) is 0 Å². The summed E-state index contributed by atoms with van der Waals surface area (Å²) in [4.78, 5) is 55.0. The van der Waals surface area contributed by atoms with Gasteiger partial charge in [-0.1, -0.05) is 218 Å².